The standard InChI is InChI=1S/C23H32N4O2S/c1-3-30(28,29)27-16-12-20(13-17-27)22-24-18(2)21-10-7-14-26(23(21)25-22)15-11-19-8-5-4-6-9-19/h4-6,8-9,20H,3,7,10-17H2,1-2H3. The van der Waals surface area contributed by atoms with E-state index in [1.54, 1.807) is 11.2 Å². The highest BCUT2D eigenvalue weighted by atomic mass is 32.2. The quantitative estimate of drug-likeness (QED) is 0.706. The number of rotatable bonds is 6. The highest BCUT2D eigenvalue weighted by molar-refractivity contribution is 7.89. The van der Waals surface area contributed by atoms with Crippen LogP contribution >= 0.6 is 0 Å². The Morgan fingerprint density at radius 1 is 1.07 bits per heavy atom. The van der Waals surface area contributed by atoms with Gasteiger partial charge in [-0.25, -0.2) is 22.7 Å². The zero-order valence-corrected chi connectivity index (χ0v) is 18.9. The minimum Gasteiger partial charge on any atom is -0.356 e. The van der Waals surface area contributed by atoms with E-state index >= 15 is 0 Å². The largest absolute Gasteiger partial charge is 0.356 e. The van der Waals surface area contributed by atoms with Gasteiger partial charge in [0.1, 0.15) is 11.6 Å². The van der Waals surface area contributed by atoms with E-state index in [1.165, 1.54) is 11.1 Å². The van der Waals surface area contributed by atoms with Crippen LogP contribution in [0.3, 0.4) is 0 Å². The Morgan fingerprint density at radius 2 is 1.80 bits per heavy atom. The minimum absolute atomic E-state index is 0.169. The molecule has 2 aliphatic heterocycles. The number of piperidine rings is 1. The second-order valence-corrected chi connectivity index (χ2v) is 10.6. The van der Waals surface area contributed by atoms with E-state index in [0.29, 0.717) is 13.1 Å². The van der Waals surface area contributed by atoms with Gasteiger partial charge < -0.3 is 4.90 Å². The molecule has 6 nitrogen and oxygen atoms in total. The Labute approximate surface area is 180 Å². The van der Waals surface area contributed by atoms with Gasteiger partial charge in [0.05, 0.1) is 5.75 Å². The highest BCUT2D eigenvalue weighted by Gasteiger charge is 2.30. The van der Waals surface area contributed by atoms with Crippen molar-refractivity contribution in [3.05, 3.63) is 53.0 Å². The van der Waals surface area contributed by atoms with Crippen LogP contribution in [0.15, 0.2) is 30.3 Å². The van der Waals surface area contributed by atoms with Gasteiger partial charge >= 0.3 is 0 Å². The molecule has 0 bridgehead atoms. The maximum atomic E-state index is 12.2. The van der Waals surface area contributed by atoms with E-state index in [4.69, 9.17) is 9.97 Å². The molecule has 1 saturated heterocycles. The van der Waals surface area contributed by atoms with E-state index in [1.807, 2.05) is 0 Å². The fourth-order valence-corrected chi connectivity index (χ4v) is 5.73. The Morgan fingerprint density at radius 3 is 2.50 bits per heavy atom. The molecule has 0 saturated carbocycles. The molecule has 2 aliphatic rings. The van der Waals surface area contributed by atoms with E-state index in [2.05, 4.69) is 42.2 Å². The third-order valence-corrected chi connectivity index (χ3v) is 8.34. The predicted molar refractivity (Wildman–Crippen MR) is 120 cm³/mol. The molecule has 162 valence electrons. The average molecular weight is 429 g/mol. The Kier molecular flexibility index (Phi) is 6.39. The summed E-state index contributed by atoms with van der Waals surface area (Å²) in [4.78, 5) is 12.3. The molecule has 0 atom stereocenters. The van der Waals surface area contributed by atoms with Gasteiger partial charge in [0, 0.05) is 43.4 Å². The molecule has 7 heteroatoms. The van der Waals surface area contributed by atoms with Crippen LogP contribution < -0.4 is 4.90 Å². The molecule has 0 aliphatic carbocycles. The number of hydrogen-bond donors (Lipinski definition) is 0. The lowest BCUT2D eigenvalue weighted by Crippen LogP contribution is -2.39. The normalized spacial score (nSPS) is 18.4. The molecule has 0 amide bonds. The van der Waals surface area contributed by atoms with Crippen LogP contribution in [0.4, 0.5) is 5.82 Å². The molecule has 3 heterocycles. The summed E-state index contributed by atoms with van der Waals surface area (Å²) in [5.41, 5.74) is 3.72. The van der Waals surface area contributed by atoms with E-state index in [-0.39, 0.29) is 11.7 Å². The van der Waals surface area contributed by atoms with Crippen LogP contribution in [0, 0.1) is 6.92 Å². The van der Waals surface area contributed by atoms with Crippen LogP contribution in [-0.2, 0) is 22.9 Å². The van der Waals surface area contributed by atoms with E-state index in [0.717, 1.165) is 62.5 Å². The summed E-state index contributed by atoms with van der Waals surface area (Å²) >= 11 is 0. The third kappa shape index (κ3) is 4.52. The van der Waals surface area contributed by atoms with Gasteiger partial charge in [-0.2, -0.15) is 0 Å². The summed E-state index contributed by atoms with van der Waals surface area (Å²) in [5, 5.41) is 0. The number of benzene rings is 1. The fraction of sp³-hybridized carbons (Fsp3) is 0.565. The SMILES string of the molecule is CCS(=O)(=O)N1CCC(c2nc(C)c3c(n2)N(CCc2ccccc2)CCC3)CC1. The van der Waals surface area contributed by atoms with Gasteiger partial charge in [0.25, 0.3) is 0 Å². The maximum absolute atomic E-state index is 12.2. The zero-order valence-electron chi connectivity index (χ0n) is 18.0. The van der Waals surface area contributed by atoms with Gasteiger partial charge in [0.2, 0.25) is 10.0 Å². The van der Waals surface area contributed by atoms with Crippen molar-refractivity contribution in [3.63, 3.8) is 0 Å². The summed E-state index contributed by atoms with van der Waals surface area (Å²) in [6.07, 6.45) is 4.77. The number of hydrogen-bond acceptors (Lipinski definition) is 5. The van der Waals surface area contributed by atoms with Gasteiger partial charge in [-0.05, 0) is 51.5 Å². The molecule has 4 rings (SSSR count). The fourth-order valence-electron chi connectivity index (χ4n) is 4.59. The number of aromatic nitrogens is 2. The van der Waals surface area contributed by atoms with Crippen molar-refractivity contribution >= 4 is 15.8 Å². The molecule has 0 unspecified atom stereocenters. The first-order chi connectivity index (χ1) is 14.5. The first-order valence-electron chi connectivity index (χ1n) is 11.1. The van der Waals surface area contributed by atoms with Gasteiger partial charge in [0.15, 0.2) is 0 Å². The monoisotopic (exact) mass is 428 g/mol. The Balaban J connectivity index is 1.51. The zero-order chi connectivity index (χ0) is 21.1. The second kappa shape index (κ2) is 9.02. The van der Waals surface area contributed by atoms with Gasteiger partial charge in [-0.1, -0.05) is 30.3 Å². The molecule has 1 aromatic carbocycles. The second-order valence-electron chi connectivity index (χ2n) is 8.37. The lowest BCUT2D eigenvalue weighted by molar-refractivity contribution is 0.313. The third-order valence-electron chi connectivity index (χ3n) is 6.45. The lowest BCUT2D eigenvalue weighted by atomic mass is 9.96. The molecule has 0 N–H and O–H groups in total. The van der Waals surface area contributed by atoms with Gasteiger partial charge in [-0.3, -0.25) is 0 Å². The highest BCUT2D eigenvalue weighted by Crippen LogP contribution is 2.32. The van der Waals surface area contributed by atoms with Crippen molar-refractivity contribution in [1.29, 1.82) is 0 Å². The molecular weight excluding hydrogens is 396 g/mol. The number of anilines is 1. The maximum Gasteiger partial charge on any atom is 0.213 e. The summed E-state index contributed by atoms with van der Waals surface area (Å²) in [7, 11) is -3.11. The predicted octanol–water partition coefficient (Wildman–Crippen LogP) is 3.31. The number of sulfonamides is 1. The molecule has 0 spiro atoms. The van der Waals surface area contributed by atoms with E-state index in [9.17, 15) is 8.42 Å². The van der Waals surface area contributed by atoms with Crippen LogP contribution in [0.2, 0.25) is 0 Å². The van der Waals surface area contributed by atoms with Crippen LogP contribution in [0.5, 0.6) is 0 Å². The van der Waals surface area contributed by atoms with Crippen molar-refractivity contribution in [1.82, 2.24) is 14.3 Å². The van der Waals surface area contributed by atoms with Crippen molar-refractivity contribution in [3.8, 4) is 0 Å². The molecule has 0 radical (unpaired) electrons. The Bertz CT molecular complexity index is 970. The molecule has 2 aromatic rings. The molecule has 1 aromatic heterocycles. The molecule has 1 fully saturated rings. The smallest absolute Gasteiger partial charge is 0.213 e. The van der Waals surface area contributed by atoms with Gasteiger partial charge in [-0.15, -0.1) is 0 Å². The Hall–Kier alpha value is -1.99. The summed E-state index contributed by atoms with van der Waals surface area (Å²) in [6.45, 7) is 6.93. The first-order valence-corrected chi connectivity index (χ1v) is 12.7. The van der Waals surface area contributed by atoms with Crippen LogP contribution in [0.25, 0.3) is 0 Å². The topological polar surface area (TPSA) is 66.4 Å². The van der Waals surface area contributed by atoms with E-state index < -0.39 is 10.0 Å². The first kappa shape index (κ1) is 21.2. The summed E-state index contributed by atoms with van der Waals surface area (Å²) in [6, 6.07) is 10.6. The molecular formula is C23H32N4O2S. The minimum atomic E-state index is -3.11. The average Bonchev–Trinajstić information content (AvgIpc) is 2.78. The van der Waals surface area contributed by atoms with Crippen LogP contribution in [0.1, 0.15) is 54.7 Å². The molecule has 30 heavy (non-hydrogen) atoms. The number of aryl methyl sites for hydroxylation is 1. The summed E-state index contributed by atoms with van der Waals surface area (Å²) in [5.74, 6) is 2.40. The van der Waals surface area contributed by atoms with Crippen molar-refractivity contribution in [2.24, 2.45) is 0 Å². The number of nitrogens with zero attached hydrogens (tertiary/aromatic N) is 4. The van der Waals surface area contributed by atoms with Crippen molar-refractivity contribution < 1.29 is 8.42 Å². The number of fused-ring (bicyclic) bond motifs is 1. The van der Waals surface area contributed by atoms with Crippen LogP contribution in [-0.4, -0.2) is 54.6 Å². The van der Waals surface area contributed by atoms with Crippen molar-refractivity contribution in [2.45, 2.75) is 51.9 Å². The van der Waals surface area contributed by atoms with Crippen molar-refractivity contribution in [2.75, 3.05) is 36.8 Å². The summed E-state index contributed by atoms with van der Waals surface area (Å²) < 4.78 is 26.0. The lowest BCUT2D eigenvalue weighted by Gasteiger charge is -2.33.